The third-order valence-corrected chi connectivity index (χ3v) is 7.53. The van der Waals surface area contributed by atoms with Crippen LogP contribution in [-0.2, 0) is 14.8 Å². The molecule has 1 aromatic heterocycles. The Kier molecular flexibility index (Phi) is 5.44. The van der Waals surface area contributed by atoms with E-state index in [0.29, 0.717) is 22.8 Å². The van der Waals surface area contributed by atoms with Crippen molar-refractivity contribution >= 4 is 27.3 Å². The highest BCUT2D eigenvalue weighted by molar-refractivity contribution is 7.91. The fraction of sp³-hybridized carbons (Fsp3) is 0.375. The molecule has 140 valence electrons. The summed E-state index contributed by atoms with van der Waals surface area (Å²) in [6.45, 7) is 2.42. The fourth-order valence-corrected chi connectivity index (χ4v) is 5.54. The maximum atomic E-state index is 12.7. The van der Waals surface area contributed by atoms with Gasteiger partial charge in [0.2, 0.25) is 0 Å². The van der Waals surface area contributed by atoms with Crippen LogP contribution >= 0.6 is 11.3 Å². The van der Waals surface area contributed by atoms with Gasteiger partial charge in [0.15, 0.2) is 10.8 Å². The number of nitrogens with zero attached hydrogens (tertiary/aromatic N) is 2. The second kappa shape index (κ2) is 7.60. The number of rotatable bonds is 5. The highest BCUT2D eigenvalue weighted by Crippen LogP contribution is 2.22. The first-order valence-electron chi connectivity index (χ1n) is 8.03. The van der Waals surface area contributed by atoms with Crippen molar-refractivity contribution in [3.8, 4) is 5.75 Å². The standard InChI is InChI=1S/C16H19N3O5S2/c1-12-15(25-16(21)17-12)26(22,23)19-9-7-18(8-10-19)14(20)11-24-13-5-3-2-4-6-13/h2-6H,7-11H2,1H3,(H,17,21). The van der Waals surface area contributed by atoms with E-state index in [1.165, 1.54) is 4.31 Å². The molecule has 8 nitrogen and oxygen atoms in total. The van der Waals surface area contributed by atoms with Crippen molar-refractivity contribution < 1.29 is 17.9 Å². The Morgan fingerprint density at radius 1 is 1.19 bits per heavy atom. The smallest absolute Gasteiger partial charge is 0.305 e. The number of benzene rings is 1. The van der Waals surface area contributed by atoms with Crippen LogP contribution in [0.5, 0.6) is 5.75 Å². The van der Waals surface area contributed by atoms with E-state index in [1.54, 1.807) is 24.0 Å². The van der Waals surface area contributed by atoms with E-state index in [9.17, 15) is 18.0 Å². The molecule has 0 aliphatic carbocycles. The Hall–Kier alpha value is -2.17. The van der Waals surface area contributed by atoms with Gasteiger partial charge in [-0.2, -0.15) is 4.31 Å². The molecular formula is C16H19N3O5S2. The molecule has 3 rings (SSSR count). The largest absolute Gasteiger partial charge is 0.484 e. The van der Waals surface area contributed by atoms with E-state index < -0.39 is 14.9 Å². The molecule has 1 N–H and O–H groups in total. The lowest BCUT2D eigenvalue weighted by Gasteiger charge is -2.33. The number of hydrogen-bond donors (Lipinski definition) is 1. The Morgan fingerprint density at radius 3 is 2.42 bits per heavy atom. The molecule has 1 aliphatic rings. The zero-order chi connectivity index (χ0) is 18.7. The maximum Gasteiger partial charge on any atom is 0.305 e. The zero-order valence-electron chi connectivity index (χ0n) is 14.2. The molecule has 1 aromatic carbocycles. The first-order valence-corrected chi connectivity index (χ1v) is 10.3. The number of sulfonamides is 1. The van der Waals surface area contributed by atoms with Gasteiger partial charge in [0.25, 0.3) is 15.9 Å². The Labute approximate surface area is 155 Å². The second-order valence-corrected chi connectivity index (χ2v) is 8.93. The second-order valence-electron chi connectivity index (χ2n) is 5.81. The molecule has 0 spiro atoms. The molecule has 2 aromatic rings. The van der Waals surface area contributed by atoms with Gasteiger partial charge in [-0.25, -0.2) is 8.42 Å². The predicted octanol–water partition coefficient (Wildman–Crippen LogP) is 0.657. The van der Waals surface area contributed by atoms with E-state index in [4.69, 9.17) is 4.74 Å². The van der Waals surface area contributed by atoms with Crippen LogP contribution in [0.25, 0.3) is 0 Å². The molecule has 0 atom stereocenters. The van der Waals surface area contributed by atoms with Gasteiger partial charge >= 0.3 is 4.87 Å². The van der Waals surface area contributed by atoms with Gasteiger partial charge in [0.1, 0.15) is 5.75 Å². The summed E-state index contributed by atoms with van der Waals surface area (Å²) in [5, 5.41) is 0. The number of piperazine rings is 1. The molecule has 10 heteroatoms. The van der Waals surface area contributed by atoms with E-state index in [2.05, 4.69) is 4.98 Å². The summed E-state index contributed by atoms with van der Waals surface area (Å²) in [4.78, 5) is 27.3. The molecule has 1 fully saturated rings. The minimum absolute atomic E-state index is 0.0367. The highest BCUT2D eigenvalue weighted by Gasteiger charge is 2.32. The monoisotopic (exact) mass is 397 g/mol. The number of thiazole rings is 1. The van der Waals surface area contributed by atoms with Crippen molar-refractivity contribution in [3.63, 3.8) is 0 Å². The van der Waals surface area contributed by atoms with Gasteiger partial charge in [0.05, 0.1) is 0 Å². The number of aromatic nitrogens is 1. The number of carbonyl (C=O) groups excluding carboxylic acids is 1. The molecule has 0 saturated carbocycles. The van der Waals surface area contributed by atoms with Gasteiger partial charge in [0, 0.05) is 31.9 Å². The first kappa shape index (κ1) is 18.6. The molecule has 0 unspecified atom stereocenters. The van der Waals surface area contributed by atoms with Gasteiger partial charge in [-0.05, 0) is 19.1 Å². The molecule has 26 heavy (non-hydrogen) atoms. The van der Waals surface area contributed by atoms with Crippen molar-refractivity contribution in [3.05, 3.63) is 45.7 Å². The summed E-state index contributed by atoms with van der Waals surface area (Å²) in [6.07, 6.45) is 0. The van der Waals surface area contributed by atoms with Crippen LogP contribution in [0.4, 0.5) is 0 Å². The summed E-state index contributed by atoms with van der Waals surface area (Å²) in [5.41, 5.74) is 0.342. The average Bonchev–Trinajstić information content (AvgIpc) is 2.99. The summed E-state index contributed by atoms with van der Waals surface area (Å²) >= 11 is 0.687. The molecule has 2 heterocycles. The lowest BCUT2D eigenvalue weighted by Crippen LogP contribution is -2.51. The molecule has 0 bridgehead atoms. The number of amides is 1. The Balaban J connectivity index is 1.57. The Morgan fingerprint density at radius 2 is 1.85 bits per heavy atom. The van der Waals surface area contributed by atoms with E-state index in [-0.39, 0.29) is 42.9 Å². The van der Waals surface area contributed by atoms with E-state index in [1.807, 2.05) is 18.2 Å². The number of para-hydroxylation sites is 1. The average molecular weight is 397 g/mol. The van der Waals surface area contributed by atoms with E-state index >= 15 is 0 Å². The third kappa shape index (κ3) is 3.97. The number of aryl methyl sites for hydroxylation is 1. The lowest BCUT2D eigenvalue weighted by atomic mass is 10.3. The van der Waals surface area contributed by atoms with Crippen LogP contribution in [0.3, 0.4) is 0 Å². The molecule has 0 radical (unpaired) electrons. The highest BCUT2D eigenvalue weighted by atomic mass is 32.2. The predicted molar refractivity (Wildman–Crippen MR) is 97.0 cm³/mol. The number of nitrogens with one attached hydrogen (secondary N) is 1. The van der Waals surface area contributed by atoms with Crippen LogP contribution < -0.4 is 9.61 Å². The van der Waals surface area contributed by atoms with Gasteiger partial charge in [-0.3, -0.25) is 9.59 Å². The summed E-state index contributed by atoms with van der Waals surface area (Å²) in [6, 6.07) is 9.03. The topological polar surface area (TPSA) is 99.8 Å². The molecule has 1 amide bonds. The van der Waals surface area contributed by atoms with Gasteiger partial charge in [-0.15, -0.1) is 0 Å². The third-order valence-electron chi connectivity index (χ3n) is 4.05. The van der Waals surface area contributed by atoms with Crippen LogP contribution in [0, 0.1) is 6.92 Å². The summed E-state index contributed by atoms with van der Waals surface area (Å²) in [7, 11) is -3.72. The molecule has 1 aliphatic heterocycles. The van der Waals surface area contributed by atoms with Crippen LogP contribution in [0.1, 0.15) is 5.69 Å². The number of H-pyrrole nitrogens is 1. The van der Waals surface area contributed by atoms with Crippen molar-refractivity contribution in [2.24, 2.45) is 0 Å². The fourth-order valence-electron chi connectivity index (χ4n) is 2.68. The van der Waals surface area contributed by atoms with Crippen molar-refractivity contribution in [1.29, 1.82) is 0 Å². The summed E-state index contributed by atoms with van der Waals surface area (Å²) < 4.78 is 32.1. The van der Waals surface area contributed by atoms with Crippen LogP contribution in [0.15, 0.2) is 39.3 Å². The normalized spacial score (nSPS) is 15.8. The number of carbonyl (C=O) groups is 1. The maximum absolute atomic E-state index is 12.7. The number of hydrogen-bond acceptors (Lipinski definition) is 6. The zero-order valence-corrected chi connectivity index (χ0v) is 15.8. The van der Waals surface area contributed by atoms with Gasteiger partial charge < -0.3 is 14.6 Å². The van der Waals surface area contributed by atoms with Crippen LogP contribution in [0.2, 0.25) is 0 Å². The minimum atomic E-state index is -3.72. The number of ether oxygens (including phenoxy) is 1. The summed E-state index contributed by atoms with van der Waals surface area (Å²) in [5.74, 6) is 0.424. The first-order chi connectivity index (χ1) is 12.4. The number of aromatic amines is 1. The van der Waals surface area contributed by atoms with Crippen molar-refractivity contribution in [2.45, 2.75) is 11.1 Å². The quantitative estimate of drug-likeness (QED) is 0.799. The van der Waals surface area contributed by atoms with Crippen molar-refractivity contribution in [1.82, 2.24) is 14.2 Å². The van der Waals surface area contributed by atoms with E-state index in [0.717, 1.165) is 0 Å². The SMILES string of the molecule is Cc1[nH]c(=O)sc1S(=O)(=O)N1CCN(C(=O)COc2ccccc2)CC1. The lowest BCUT2D eigenvalue weighted by molar-refractivity contribution is -0.134. The van der Waals surface area contributed by atoms with Crippen LogP contribution in [-0.4, -0.2) is 61.3 Å². The minimum Gasteiger partial charge on any atom is -0.484 e. The Bertz CT molecular complexity index is 928. The molecular weight excluding hydrogens is 378 g/mol. The molecule has 1 saturated heterocycles. The van der Waals surface area contributed by atoms with Crippen molar-refractivity contribution in [2.75, 3.05) is 32.8 Å². The van der Waals surface area contributed by atoms with Gasteiger partial charge in [-0.1, -0.05) is 29.5 Å².